The van der Waals surface area contributed by atoms with Crippen LogP contribution < -0.4 is 10.6 Å². The quantitative estimate of drug-likeness (QED) is 0.232. The Morgan fingerprint density at radius 1 is 1.16 bits per heavy atom. The zero-order valence-electron chi connectivity index (χ0n) is 15.4. The van der Waals surface area contributed by atoms with E-state index in [4.69, 9.17) is 0 Å². The molecule has 0 aliphatic heterocycles. The van der Waals surface area contributed by atoms with E-state index in [-0.39, 0.29) is 24.0 Å². The fourth-order valence-corrected chi connectivity index (χ4v) is 3.24. The standard InChI is InChI=1S/C17H30N4O2S.HI/c1-4-18-17(20-14-12-16-10-7-6-8-11-16)19-13-9-15-21(5-2)24(3,22)23;/h6-8,10-11H,4-5,9,12-15H2,1-3H3,(H2,18,19,20);1H. The summed E-state index contributed by atoms with van der Waals surface area (Å²) < 4.78 is 24.5. The van der Waals surface area contributed by atoms with Crippen LogP contribution in [-0.2, 0) is 16.4 Å². The molecular weight excluding hydrogens is 451 g/mol. The Morgan fingerprint density at radius 2 is 1.84 bits per heavy atom. The molecule has 2 N–H and O–H groups in total. The van der Waals surface area contributed by atoms with E-state index in [1.165, 1.54) is 16.1 Å². The molecule has 25 heavy (non-hydrogen) atoms. The molecule has 1 aromatic rings. The van der Waals surface area contributed by atoms with Gasteiger partial charge in [-0.15, -0.1) is 24.0 Å². The Morgan fingerprint density at radius 3 is 2.40 bits per heavy atom. The fraction of sp³-hybridized carbons (Fsp3) is 0.588. The number of nitrogens with one attached hydrogen (secondary N) is 2. The van der Waals surface area contributed by atoms with Crippen LogP contribution in [0.1, 0.15) is 25.8 Å². The minimum atomic E-state index is -3.12. The van der Waals surface area contributed by atoms with Gasteiger partial charge in [-0.05, 0) is 25.3 Å². The molecule has 144 valence electrons. The molecule has 0 heterocycles. The van der Waals surface area contributed by atoms with Gasteiger partial charge in [-0.1, -0.05) is 37.3 Å². The van der Waals surface area contributed by atoms with Gasteiger partial charge in [0.2, 0.25) is 10.0 Å². The van der Waals surface area contributed by atoms with E-state index in [0.29, 0.717) is 26.1 Å². The molecule has 1 rings (SSSR count). The predicted octanol–water partition coefficient (Wildman–Crippen LogP) is 2.07. The first-order chi connectivity index (χ1) is 11.5. The van der Waals surface area contributed by atoms with Crippen molar-refractivity contribution in [3.8, 4) is 0 Å². The Hall–Kier alpha value is -0.870. The summed E-state index contributed by atoms with van der Waals surface area (Å²) in [5, 5.41) is 6.52. The summed E-state index contributed by atoms with van der Waals surface area (Å²) in [5.74, 6) is 0.774. The van der Waals surface area contributed by atoms with Crippen molar-refractivity contribution in [1.29, 1.82) is 0 Å². The van der Waals surface area contributed by atoms with Crippen molar-refractivity contribution < 1.29 is 8.42 Å². The lowest BCUT2D eigenvalue weighted by molar-refractivity contribution is 0.427. The number of sulfonamides is 1. The van der Waals surface area contributed by atoms with Crippen molar-refractivity contribution in [3.63, 3.8) is 0 Å². The highest BCUT2D eigenvalue weighted by Crippen LogP contribution is 1.99. The summed E-state index contributed by atoms with van der Waals surface area (Å²) in [6.45, 7) is 7.06. The van der Waals surface area contributed by atoms with Crippen LogP contribution in [-0.4, -0.2) is 57.7 Å². The number of hydrogen-bond acceptors (Lipinski definition) is 3. The summed E-state index contributed by atoms with van der Waals surface area (Å²) >= 11 is 0. The fourth-order valence-electron chi connectivity index (χ4n) is 2.31. The molecule has 0 aliphatic rings. The third-order valence-electron chi connectivity index (χ3n) is 3.55. The molecule has 8 heteroatoms. The second-order valence-corrected chi connectivity index (χ2v) is 7.51. The van der Waals surface area contributed by atoms with E-state index in [1.807, 2.05) is 32.0 Å². The van der Waals surface area contributed by atoms with Crippen LogP contribution in [0, 0.1) is 0 Å². The zero-order valence-corrected chi connectivity index (χ0v) is 18.5. The average Bonchev–Trinajstić information content (AvgIpc) is 2.54. The number of hydrogen-bond donors (Lipinski definition) is 2. The van der Waals surface area contributed by atoms with Gasteiger partial charge >= 0.3 is 0 Å². The van der Waals surface area contributed by atoms with E-state index in [9.17, 15) is 8.42 Å². The van der Waals surface area contributed by atoms with E-state index < -0.39 is 10.0 Å². The van der Waals surface area contributed by atoms with Gasteiger partial charge in [0.25, 0.3) is 0 Å². The number of guanidine groups is 1. The van der Waals surface area contributed by atoms with E-state index in [1.54, 1.807) is 0 Å². The largest absolute Gasteiger partial charge is 0.357 e. The first-order valence-corrected chi connectivity index (χ1v) is 10.3. The van der Waals surface area contributed by atoms with Gasteiger partial charge in [0.05, 0.1) is 6.26 Å². The molecule has 0 spiro atoms. The molecule has 0 bridgehead atoms. The average molecular weight is 482 g/mol. The van der Waals surface area contributed by atoms with Gasteiger partial charge in [0.15, 0.2) is 5.96 Å². The number of benzene rings is 1. The summed E-state index contributed by atoms with van der Waals surface area (Å²) in [6, 6.07) is 10.3. The normalized spacial score (nSPS) is 11.9. The smallest absolute Gasteiger partial charge is 0.211 e. The lowest BCUT2D eigenvalue weighted by Crippen LogP contribution is -2.38. The van der Waals surface area contributed by atoms with Crippen LogP contribution in [0.3, 0.4) is 0 Å². The molecule has 0 aromatic heterocycles. The maximum absolute atomic E-state index is 11.5. The van der Waals surface area contributed by atoms with Gasteiger partial charge in [-0.2, -0.15) is 0 Å². The first-order valence-electron chi connectivity index (χ1n) is 8.48. The number of halogens is 1. The van der Waals surface area contributed by atoms with Crippen LogP contribution in [0.4, 0.5) is 0 Å². The zero-order chi connectivity index (χ0) is 17.8. The monoisotopic (exact) mass is 482 g/mol. The molecule has 0 radical (unpaired) electrons. The molecule has 0 saturated carbocycles. The van der Waals surface area contributed by atoms with Gasteiger partial charge in [0.1, 0.15) is 0 Å². The number of aliphatic imine (C=N–C) groups is 1. The van der Waals surface area contributed by atoms with Crippen molar-refractivity contribution in [3.05, 3.63) is 35.9 Å². The van der Waals surface area contributed by atoms with Gasteiger partial charge in [-0.25, -0.2) is 12.7 Å². The van der Waals surface area contributed by atoms with Gasteiger partial charge < -0.3 is 10.6 Å². The Labute approximate surface area is 169 Å². The summed E-state index contributed by atoms with van der Waals surface area (Å²) in [6.07, 6.45) is 2.88. The maximum atomic E-state index is 11.5. The van der Waals surface area contributed by atoms with E-state index in [0.717, 1.165) is 25.5 Å². The van der Waals surface area contributed by atoms with Crippen molar-refractivity contribution in [2.24, 2.45) is 4.99 Å². The van der Waals surface area contributed by atoms with Crippen molar-refractivity contribution in [2.75, 3.05) is 39.0 Å². The molecule has 0 atom stereocenters. The second kappa shape index (κ2) is 13.3. The summed E-state index contributed by atoms with van der Waals surface area (Å²) in [4.78, 5) is 4.51. The van der Waals surface area contributed by atoms with Crippen LogP contribution in [0.25, 0.3) is 0 Å². The highest BCUT2D eigenvalue weighted by molar-refractivity contribution is 14.0. The molecule has 0 amide bonds. The third-order valence-corrected chi connectivity index (χ3v) is 4.93. The topological polar surface area (TPSA) is 73.8 Å². The minimum Gasteiger partial charge on any atom is -0.357 e. The summed E-state index contributed by atoms with van der Waals surface area (Å²) in [7, 11) is -3.12. The highest BCUT2D eigenvalue weighted by atomic mass is 127. The second-order valence-electron chi connectivity index (χ2n) is 5.53. The lowest BCUT2D eigenvalue weighted by Gasteiger charge is -2.17. The van der Waals surface area contributed by atoms with Crippen LogP contribution in [0.2, 0.25) is 0 Å². The molecule has 0 saturated heterocycles. The molecule has 0 fully saturated rings. The molecular formula is C17H31IN4O2S. The Kier molecular flexibility index (Phi) is 12.9. The summed E-state index contributed by atoms with van der Waals surface area (Å²) in [5.41, 5.74) is 1.28. The Balaban J connectivity index is 0.00000576. The predicted molar refractivity (Wildman–Crippen MR) is 116 cm³/mol. The van der Waals surface area contributed by atoms with Gasteiger partial charge in [-0.3, -0.25) is 4.99 Å². The minimum absolute atomic E-state index is 0. The molecule has 0 unspecified atom stereocenters. The van der Waals surface area contributed by atoms with Crippen LogP contribution in [0.15, 0.2) is 35.3 Å². The van der Waals surface area contributed by atoms with Crippen LogP contribution >= 0.6 is 24.0 Å². The maximum Gasteiger partial charge on any atom is 0.211 e. The van der Waals surface area contributed by atoms with Crippen molar-refractivity contribution in [1.82, 2.24) is 14.9 Å². The number of nitrogens with zero attached hydrogens (tertiary/aromatic N) is 2. The molecule has 0 aliphatic carbocycles. The van der Waals surface area contributed by atoms with Crippen molar-refractivity contribution >= 4 is 40.0 Å². The Bertz CT molecular complexity index is 594. The molecule has 1 aromatic carbocycles. The lowest BCUT2D eigenvalue weighted by atomic mass is 10.1. The van der Waals surface area contributed by atoms with Gasteiger partial charge in [0, 0.05) is 32.7 Å². The SMILES string of the molecule is CCNC(=NCCCN(CC)S(C)(=O)=O)NCCc1ccccc1.I. The highest BCUT2D eigenvalue weighted by Gasteiger charge is 2.12. The third kappa shape index (κ3) is 10.7. The van der Waals surface area contributed by atoms with Crippen LogP contribution in [0.5, 0.6) is 0 Å². The van der Waals surface area contributed by atoms with Crippen molar-refractivity contribution in [2.45, 2.75) is 26.7 Å². The molecule has 6 nitrogen and oxygen atoms in total. The van der Waals surface area contributed by atoms with E-state index >= 15 is 0 Å². The first kappa shape index (κ1) is 24.1. The van der Waals surface area contributed by atoms with E-state index in [2.05, 4.69) is 27.8 Å². The number of rotatable bonds is 10.